The Morgan fingerprint density at radius 1 is 0.730 bits per heavy atom. The zero-order valence-corrected chi connectivity index (χ0v) is 20.9. The highest BCUT2D eigenvalue weighted by molar-refractivity contribution is 5.94. The summed E-state index contributed by atoms with van der Waals surface area (Å²) < 4.78 is 5.24. The molecule has 0 spiro atoms. The van der Waals surface area contributed by atoms with Gasteiger partial charge in [0.15, 0.2) is 0 Å². The zero-order chi connectivity index (χ0) is 26.0. The van der Waals surface area contributed by atoms with Crippen LogP contribution in [-0.4, -0.2) is 30.4 Å². The summed E-state index contributed by atoms with van der Waals surface area (Å²) in [7, 11) is 1.60. The lowest BCUT2D eigenvalue weighted by Gasteiger charge is -2.23. The van der Waals surface area contributed by atoms with Crippen molar-refractivity contribution < 1.29 is 19.4 Å². The molecule has 0 saturated carbocycles. The van der Waals surface area contributed by atoms with Gasteiger partial charge in [-0.3, -0.25) is 4.79 Å². The number of hydrogen-bond donors (Lipinski definition) is 0. The fraction of sp³-hybridized carbons (Fsp3) is 0.188. The van der Waals surface area contributed by atoms with Crippen molar-refractivity contribution in [2.45, 2.75) is 25.8 Å². The van der Waals surface area contributed by atoms with E-state index in [9.17, 15) is 14.7 Å². The maximum absolute atomic E-state index is 13.5. The molecule has 0 atom stereocenters. The highest BCUT2D eigenvalue weighted by atomic mass is 16.5. The van der Waals surface area contributed by atoms with E-state index in [1.54, 1.807) is 43.5 Å². The molecule has 0 aliphatic heterocycles. The monoisotopic (exact) mass is 492 g/mol. The van der Waals surface area contributed by atoms with Crippen LogP contribution >= 0.6 is 0 Å². The number of nitrogens with zero attached hydrogens (tertiary/aromatic N) is 1. The number of aromatic carboxylic acids is 1. The maximum Gasteiger partial charge on any atom is 0.254 e. The predicted molar refractivity (Wildman–Crippen MR) is 143 cm³/mol. The molecule has 0 heterocycles. The van der Waals surface area contributed by atoms with Crippen molar-refractivity contribution in [3.63, 3.8) is 0 Å². The summed E-state index contributed by atoms with van der Waals surface area (Å²) in [5.41, 5.74) is 4.70. The summed E-state index contributed by atoms with van der Waals surface area (Å²) in [5.74, 6) is -0.533. The molecule has 4 aromatic rings. The lowest BCUT2D eigenvalue weighted by atomic mass is 10.0. The lowest BCUT2D eigenvalue weighted by Crippen LogP contribution is -2.31. The normalized spacial score (nSPS) is 10.6. The van der Waals surface area contributed by atoms with Crippen LogP contribution in [-0.2, 0) is 13.0 Å². The smallest absolute Gasteiger partial charge is 0.254 e. The summed E-state index contributed by atoms with van der Waals surface area (Å²) in [6.45, 7) is 1.08. The van der Waals surface area contributed by atoms with Gasteiger partial charge in [-0.1, -0.05) is 66.7 Å². The molecule has 4 aromatic carbocycles. The fourth-order valence-corrected chi connectivity index (χ4v) is 4.34. The second kappa shape index (κ2) is 12.5. The maximum atomic E-state index is 13.5. The molecule has 4 rings (SSSR count). The Balaban J connectivity index is 1.52. The number of carboxylic acid groups (broad SMARTS) is 1. The van der Waals surface area contributed by atoms with E-state index in [-0.39, 0.29) is 11.5 Å². The minimum absolute atomic E-state index is 0.0354. The third kappa shape index (κ3) is 7.07. The molecule has 37 heavy (non-hydrogen) atoms. The van der Waals surface area contributed by atoms with Gasteiger partial charge in [-0.15, -0.1) is 0 Å². The van der Waals surface area contributed by atoms with E-state index < -0.39 is 5.97 Å². The first-order valence-corrected chi connectivity index (χ1v) is 12.4. The van der Waals surface area contributed by atoms with Crippen molar-refractivity contribution in [2.75, 3.05) is 13.7 Å². The summed E-state index contributed by atoms with van der Waals surface area (Å²) in [4.78, 5) is 26.7. The van der Waals surface area contributed by atoms with Crippen LogP contribution in [0.3, 0.4) is 0 Å². The van der Waals surface area contributed by atoms with E-state index in [0.29, 0.717) is 24.4 Å². The van der Waals surface area contributed by atoms with E-state index in [0.717, 1.165) is 36.0 Å². The Morgan fingerprint density at radius 2 is 1.41 bits per heavy atom. The molecule has 0 aromatic heterocycles. The second-order valence-electron chi connectivity index (χ2n) is 8.97. The third-order valence-electron chi connectivity index (χ3n) is 6.34. The number of carbonyl (C=O) groups is 2. The van der Waals surface area contributed by atoms with Crippen molar-refractivity contribution in [1.29, 1.82) is 0 Å². The van der Waals surface area contributed by atoms with E-state index >= 15 is 0 Å². The van der Waals surface area contributed by atoms with Crippen molar-refractivity contribution in [1.82, 2.24) is 4.90 Å². The van der Waals surface area contributed by atoms with Gasteiger partial charge in [0, 0.05) is 18.7 Å². The molecular formula is C32H30NO4-. The van der Waals surface area contributed by atoms with E-state index in [4.69, 9.17) is 4.74 Å². The van der Waals surface area contributed by atoms with Gasteiger partial charge in [0.2, 0.25) is 0 Å². The number of ether oxygens (including phenoxy) is 1. The zero-order valence-electron chi connectivity index (χ0n) is 20.9. The molecule has 0 saturated heterocycles. The summed E-state index contributed by atoms with van der Waals surface area (Å²) >= 11 is 0. The van der Waals surface area contributed by atoms with Gasteiger partial charge < -0.3 is 19.5 Å². The fourth-order valence-electron chi connectivity index (χ4n) is 4.34. The number of benzene rings is 4. The molecule has 0 fully saturated rings. The number of carboxylic acids is 1. The van der Waals surface area contributed by atoms with Crippen LogP contribution in [0.25, 0.3) is 11.1 Å². The second-order valence-corrected chi connectivity index (χ2v) is 8.97. The van der Waals surface area contributed by atoms with Gasteiger partial charge in [-0.25, -0.2) is 0 Å². The number of unbranched alkanes of at least 4 members (excludes halogenated alkanes) is 1. The van der Waals surface area contributed by atoms with Crippen LogP contribution in [0.1, 0.15) is 44.7 Å². The highest BCUT2D eigenvalue weighted by Gasteiger charge is 2.17. The Kier molecular flexibility index (Phi) is 8.71. The van der Waals surface area contributed by atoms with E-state index in [1.807, 2.05) is 53.4 Å². The topological polar surface area (TPSA) is 69.7 Å². The van der Waals surface area contributed by atoms with Gasteiger partial charge in [-0.2, -0.15) is 0 Å². The lowest BCUT2D eigenvalue weighted by molar-refractivity contribution is -0.255. The molecule has 0 aliphatic rings. The van der Waals surface area contributed by atoms with Crippen LogP contribution in [0.15, 0.2) is 103 Å². The van der Waals surface area contributed by atoms with Crippen LogP contribution < -0.4 is 9.84 Å². The minimum atomic E-state index is -1.20. The van der Waals surface area contributed by atoms with Crippen molar-refractivity contribution in [2.24, 2.45) is 0 Å². The number of hydrogen-bond acceptors (Lipinski definition) is 4. The van der Waals surface area contributed by atoms with Gasteiger partial charge in [0.1, 0.15) is 5.75 Å². The standard InChI is InChI=1S/C32H31NO4/c1-37-30-18-16-26(17-19-30)31(34)33(20-6-5-11-24-9-3-2-4-10-24)23-25-12-7-13-27(21-25)28-14-8-15-29(22-28)32(35)36/h2-4,7-10,12-19,21-22H,5-6,11,20,23H2,1H3,(H,35,36)/p-1. The molecule has 5 nitrogen and oxygen atoms in total. The molecule has 0 bridgehead atoms. The molecule has 0 N–H and O–H groups in total. The first-order valence-electron chi connectivity index (χ1n) is 12.4. The number of rotatable bonds is 11. The molecule has 0 unspecified atom stereocenters. The summed E-state index contributed by atoms with van der Waals surface area (Å²) in [6, 6.07) is 32.1. The number of aryl methyl sites for hydroxylation is 1. The molecule has 0 aliphatic carbocycles. The van der Waals surface area contributed by atoms with Crippen molar-refractivity contribution in [3.8, 4) is 16.9 Å². The Morgan fingerprint density at radius 3 is 2.11 bits per heavy atom. The Hall–Kier alpha value is -4.38. The van der Waals surface area contributed by atoms with Crippen LogP contribution in [0, 0.1) is 0 Å². The van der Waals surface area contributed by atoms with Gasteiger partial charge in [0.05, 0.1) is 13.1 Å². The van der Waals surface area contributed by atoms with Crippen molar-refractivity contribution >= 4 is 11.9 Å². The van der Waals surface area contributed by atoms with Crippen LogP contribution in [0.4, 0.5) is 0 Å². The quantitative estimate of drug-likeness (QED) is 0.263. The van der Waals surface area contributed by atoms with Gasteiger partial charge in [-0.05, 0) is 83.5 Å². The van der Waals surface area contributed by atoms with Crippen molar-refractivity contribution in [3.05, 3.63) is 125 Å². The van der Waals surface area contributed by atoms with Gasteiger partial charge >= 0.3 is 0 Å². The SMILES string of the molecule is COc1ccc(C(=O)N(CCCCc2ccccc2)Cc2cccc(-c3cccc(C(=O)[O-])c3)c2)cc1. The molecular weight excluding hydrogens is 462 g/mol. The van der Waals surface area contributed by atoms with E-state index in [2.05, 4.69) is 12.1 Å². The summed E-state index contributed by atoms with van der Waals surface area (Å²) in [5, 5.41) is 11.3. The molecule has 0 radical (unpaired) electrons. The highest BCUT2D eigenvalue weighted by Crippen LogP contribution is 2.23. The van der Waals surface area contributed by atoms with Crippen LogP contribution in [0.5, 0.6) is 5.75 Å². The predicted octanol–water partition coefficient (Wildman–Crippen LogP) is 5.39. The average molecular weight is 493 g/mol. The van der Waals surface area contributed by atoms with E-state index in [1.165, 1.54) is 11.6 Å². The average Bonchev–Trinajstić information content (AvgIpc) is 2.95. The Labute approximate surface area is 218 Å². The number of amides is 1. The first kappa shape index (κ1) is 25.7. The molecule has 5 heteroatoms. The first-order chi connectivity index (χ1) is 18.0. The largest absolute Gasteiger partial charge is 0.545 e. The summed E-state index contributed by atoms with van der Waals surface area (Å²) in [6.07, 6.45) is 2.83. The van der Waals surface area contributed by atoms with Gasteiger partial charge in [0.25, 0.3) is 5.91 Å². The number of methoxy groups -OCH3 is 1. The number of carbonyl (C=O) groups excluding carboxylic acids is 2. The Bertz CT molecular complexity index is 1330. The molecule has 1 amide bonds. The van der Waals surface area contributed by atoms with Crippen LogP contribution in [0.2, 0.25) is 0 Å². The third-order valence-corrected chi connectivity index (χ3v) is 6.34. The molecule has 188 valence electrons. The minimum Gasteiger partial charge on any atom is -0.545 e.